The molecule has 1 aromatic rings. The van der Waals surface area contributed by atoms with Crippen LogP contribution in [0, 0.1) is 5.82 Å². The van der Waals surface area contributed by atoms with Crippen molar-refractivity contribution in [2.45, 2.75) is 12.8 Å². The van der Waals surface area contributed by atoms with Gasteiger partial charge in [-0.25, -0.2) is 4.39 Å². The van der Waals surface area contributed by atoms with Crippen LogP contribution in [0.2, 0.25) is 0 Å². The number of carbonyl (C=O) groups excluding carboxylic acids is 1. The van der Waals surface area contributed by atoms with E-state index in [4.69, 9.17) is 10.9 Å². The molecule has 0 heterocycles. The molecule has 0 aliphatic heterocycles. The molecule has 1 aromatic carbocycles. The van der Waals surface area contributed by atoms with Crippen LogP contribution in [0.4, 0.5) is 4.39 Å². The molecule has 0 radical (unpaired) electrons. The Morgan fingerprint density at radius 1 is 1.50 bits per heavy atom. The number of hydrogen-bond donors (Lipinski definition) is 2. The second kappa shape index (κ2) is 6.58. The standard InChI is InChI=1S/C12H16FN3O2/c1-16(7-6-11(14)15-18)12(17)8-9-4-2-3-5-10(9)13/h2-5,18H,6-8H2,1H3,(H2,14,15). The molecular formula is C12H16FN3O2. The highest BCUT2D eigenvalue weighted by atomic mass is 19.1. The Morgan fingerprint density at radius 3 is 2.78 bits per heavy atom. The number of oxime groups is 1. The molecule has 0 saturated carbocycles. The van der Waals surface area contributed by atoms with Gasteiger partial charge in [0.2, 0.25) is 5.91 Å². The van der Waals surface area contributed by atoms with Crippen LogP contribution in [-0.4, -0.2) is 35.4 Å². The number of benzene rings is 1. The average Bonchev–Trinajstić information content (AvgIpc) is 2.38. The first kappa shape index (κ1) is 14.0. The second-order valence-electron chi connectivity index (χ2n) is 3.92. The van der Waals surface area contributed by atoms with Gasteiger partial charge in [-0.15, -0.1) is 0 Å². The SMILES string of the molecule is CN(CC/C(N)=N/O)C(=O)Cc1ccccc1F. The molecule has 0 unspecified atom stereocenters. The van der Waals surface area contributed by atoms with Crippen molar-refractivity contribution in [2.75, 3.05) is 13.6 Å². The fourth-order valence-electron chi connectivity index (χ4n) is 1.40. The number of carbonyl (C=O) groups is 1. The Balaban J connectivity index is 2.53. The highest BCUT2D eigenvalue weighted by molar-refractivity contribution is 5.82. The van der Waals surface area contributed by atoms with Gasteiger partial charge in [0.15, 0.2) is 0 Å². The fourth-order valence-corrected chi connectivity index (χ4v) is 1.40. The Bertz CT molecular complexity index is 449. The Labute approximate surface area is 105 Å². The number of amidine groups is 1. The first-order valence-corrected chi connectivity index (χ1v) is 5.48. The summed E-state index contributed by atoms with van der Waals surface area (Å²) >= 11 is 0. The summed E-state index contributed by atoms with van der Waals surface area (Å²) in [6.45, 7) is 0.323. The van der Waals surface area contributed by atoms with Crippen LogP contribution in [0.3, 0.4) is 0 Å². The van der Waals surface area contributed by atoms with Gasteiger partial charge in [-0.2, -0.15) is 0 Å². The molecule has 0 bridgehead atoms. The lowest BCUT2D eigenvalue weighted by atomic mass is 10.1. The van der Waals surface area contributed by atoms with Crippen LogP contribution in [-0.2, 0) is 11.2 Å². The maximum absolute atomic E-state index is 13.3. The second-order valence-corrected chi connectivity index (χ2v) is 3.92. The molecule has 6 heteroatoms. The molecule has 0 aliphatic carbocycles. The first-order valence-electron chi connectivity index (χ1n) is 5.48. The van der Waals surface area contributed by atoms with Gasteiger partial charge in [0.1, 0.15) is 11.7 Å². The Hall–Kier alpha value is -2.11. The number of nitrogens with zero attached hydrogens (tertiary/aromatic N) is 2. The molecule has 0 aromatic heterocycles. The van der Waals surface area contributed by atoms with Crippen LogP contribution in [0.1, 0.15) is 12.0 Å². The molecule has 0 saturated heterocycles. The monoisotopic (exact) mass is 253 g/mol. The molecule has 98 valence electrons. The number of hydrogen-bond acceptors (Lipinski definition) is 3. The summed E-state index contributed by atoms with van der Waals surface area (Å²) in [5.74, 6) is -0.554. The molecular weight excluding hydrogens is 237 g/mol. The lowest BCUT2D eigenvalue weighted by Crippen LogP contribution is -2.31. The Kier molecular flexibility index (Phi) is 5.10. The average molecular weight is 253 g/mol. The van der Waals surface area contributed by atoms with Gasteiger partial charge >= 0.3 is 0 Å². The van der Waals surface area contributed by atoms with Crippen molar-refractivity contribution in [1.82, 2.24) is 4.90 Å². The van der Waals surface area contributed by atoms with Crippen molar-refractivity contribution in [2.24, 2.45) is 10.9 Å². The summed E-state index contributed by atoms with van der Waals surface area (Å²) in [6.07, 6.45) is 0.273. The first-order chi connectivity index (χ1) is 8.54. The van der Waals surface area contributed by atoms with E-state index in [9.17, 15) is 9.18 Å². The van der Waals surface area contributed by atoms with E-state index in [0.29, 0.717) is 12.1 Å². The zero-order valence-corrected chi connectivity index (χ0v) is 10.1. The number of halogens is 1. The van der Waals surface area contributed by atoms with E-state index in [2.05, 4.69) is 5.16 Å². The topological polar surface area (TPSA) is 78.9 Å². The lowest BCUT2D eigenvalue weighted by Gasteiger charge is -2.16. The minimum atomic E-state index is -0.393. The third kappa shape index (κ3) is 4.04. The quantitative estimate of drug-likeness (QED) is 0.355. The smallest absolute Gasteiger partial charge is 0.226 e. The summed E-state index contributed by atoms with van der Waals surface area (Å²) in [4.78, 5) is 13.2. The molecule has 0 fully saturated rings. The zero-order chi connectivity index (χ0) is 13.5. The van der Waals surface area contributed by atoms with Crippen LogP contribution in [0.5, 0.6) is 0 Å². The van der Waals surface area contributed by atoms with Crippen molar-refractivity contribution in [3.8, 4) is 0 Å². The van der Waals surface area contributed by atoms with Gasteiger partial charge in [0, 0.05) is 20.0 Å². The van der Waals surface area contributed by atoms with Gasteiger partial charge in [-0.1, -0.05) is 23.4 Å². The predicted molar refractivity (Wildman–Crippen MR) is 65.8 cm³/mol. The highest BCUT2D eigenvalue weighted by Crippen LogP contribution is 2.08. The third-order valence-electron chi connectivity index (χ3n) is 2.56. The summed E-state index contributed by atoms with van der Waals surface area (Å²) in [5.41, 5.74) is 5.66. The van der Waals surface area contributed by atoms with E-state index in [-0.39, 0.29) is 24.6 Å². The molecule has 1 rings (SSSR count). The highest BCUT2D eigenvalue weighted by Gasteiger charge is 2.12. The largest absolute Gasteiger partial charge is 0.409 e. The van der Waals surface area contributed by atoms with Crippen molar-refractivity contribution >= 4 is 11.7 Å². The van der Waals surface area contributed by atoms with E-state index in [0.717, 1.165) is 0 Å². The molecule has 0 atom stereocenters. The fraction of sp³-hybridized carbons (Fsp3) is 0.333. The van der Waals surface area contributed by atoms with Gasteiger partial charge in [-0.05, 0) is 11.6 Å². The summed E-state index contributed by atoms with van der Waals surface area (Å²) in [7, 11) is 1.59. The van der Waals surface area contributed by atoms with E-state index in [1.807, 2.05) is 0 Å². The maximum Gasteiger partial charge on any atom is 0.226 e. The summed E-state index contributed by atoms with van der Waals surface area (Å²) in [5, 5.41) is 11.2. The van der Waals surface area contributed by atoms with E-state index >= 15 is 0 Å². The van der Waals surface area contributed by atoms with Gasteiger partial charge < -0.3 is 15.8 Å². The summed E-state index contributed by atoms with van der Waals surface area (Å²) in [6, 6.07) is 6.15. The molecule has 0 aliphatic rings. The Morgan fingerprint density at radius 2 is 2.17 bits per heavy atom. The van der Waals surface area contributed by atoms with E-state index in [1.165, 1.54) is 11.0 Å². The zero-order valence-electron chi connectivity index (χ0n) is 10.1. The predicted octanol–water partition coefficient (Wildman–Crippen LogP) is 0.963. The molecule has 1 amide bonds. The van der Waals surface area contributed by atoms with Crippen LogP contribution < -0.4 is 5.73 Å². The molecule has 0 spiro atoms. The minimum Gasteiger partial charge on any atom is -0.409 e. The van der Waals surface area contributed by atoms with Crippen molar-refractivity contribution in [3.05, 3.63) is 35.6 Å². The van der Waals surface area contributed by atoms with E-state index in [1.54, 1.807) is 25.2 Å². The van der Waals surface area contributed by atoms with Gasteiger partial charge in [-0.3, -0.25) is 4.79 Å². The minimum absolute atomic E-state index is 0.000649. The molecule has 5 nitrogen and oxygen atoms in total. The molecule has 18 heavy (non-hydrogen) atoms. The summed E-state index contributed by atoms with van der Waals surface area (Å²) < 4.78 is 13.3. The van der Waals surface area contributed by atoms with Gasteiger partial charge in [0.25, 0.3) is 0 Å². The van der Waals surface area contributed by atoms with Crippen LogP contribution >= 0.6 is 0 Å². The van der Waals surface area contributed by atoms with Crippen molar-refractivity contribution < 1.29 is 14.4 Å². The van der Waals surface area contributed by atoms with Crippen molar-refractivity contribution in [3.63, 3.8) is 0 Å². The van der Waals surface area contributed by atoms with Gasteiger partial charge in [0.05, 0.1) is 6.42 Å². The van der Waals surface area contributed by atoms with Crippen LogP contribution in [0.25, 0.3) is 0 Å². The van der Waals surface area contributed by atoms with E-state index < -0.39 is 5.82 Å². The third-order valence-corrected chi connectivity index (χ3v) is 2.56. The number of amides is 1. The number of nitrogens with two attached hydrogens (primary N) is 1. The lowest BCUT2D eigenvalue weighted by molar-refractivity contribution is -0.129. The maximum atomic E-state index is 13.3. The normalized spacial score (nSPS) is 11.3. The number of likely N-dealkylation sites (N-methyl/N-ethyl adjacent to an activating group) is 1. The molecule has 3 N–H and O–H groups in total. The number of rotatable bonds is 5. The van der Waals surface area contributed by atoms with Crippen molar-refractivity contribution in [1.29, 1.82) is 0 Å². The van der Waals surface area contributed by atoms with Crippen LogP contribution in [0.15, 0.2) is 29.4 Å².